The van der Waals surface area contributed by atoms with E-state index in [9.17, 15) is 9.59 Å². The highest BCUT2D eigenvalue weighted by Crippen LogP contribution is 2.21. The summed E-state index contributed by atoms with van der Waals surface area (Å²) in [5.41, 5.74) is 1.12. The quantitative estimate of drug-likeness (QED) is 0.797. The van der Waals surface area contributed by atoms with Gasteiger partial charge in [0.2, 0.25) is 11.8 Å². The predicted octanol–water partition coefficient (Wildman–Crippen LogP) is 1.54. The molecule has 6 nitrogen and oxygen atoms in total. The van der Waals surface area contributed by atoms with Gasteiger partial charge in [-0.15, -0.1) is 0 Å². The van der Waals surface area contributed by atoms with E-state index in [0.717, 1.165) is 69.6 Å². The number of hydrogen-bond acceptors (Lipinski definition) is 4. The molecule has 26 heavy (non-hydrogen) atoms. The number of anilines is 1. The number of amides is 2. The lowest BCUT2D eigenvalue weighted by Crippen LogP contribution is -2.51. The molecule has 0 atom stereocenters. The van der Waals surface area contributed by atoms with Crippen molar-refractivity contribution in [1.82, 2.24) is 14.7 Å². The smallest absolute Gasteiger partial charge is 0.223 e. The molecule has 7 heteroatoms. The molecule has 3 rings (SSSR count). The molecule has 0 aliphatic carbocycles. The van der Waals surface area contributed by atoms with Crippen LogP contribution in [0, 0.1) is 0 Å². The van der Waals surface area contributed by atoms with Crippen molar-refractivity contribution in [3.63, 3.8) is 0 Å². The maximum atomic E-state index is 12.5. The first-order valence-corrected chi connectivity index (χ1v) is 9.67. The van der Waals surface area contributed by atoms with Gasteiger partial charge in [0, 0.05) is 83.0 Å². The van der Waals surface area contributed by atoms with Crippen LogP contribution in [0.1, 0.15) is 13.3 Å². The van der Waals surface area contributed by atoms with E-state index in [-0.39, 0.29) is 11.8 Å². The zero-order chi connectivity index (χ0) is 18.5. The molecular weight excluding hydrogens is 352 g/mol. The first-order valence-electron chi connectivity index (χ1n) is 9.29. The summed E-state index contributed by atoms with van der Waals surface area (Å²) in [6, 6.07) is 7.87. The topological polar surface area (TPSA) is 47.1 Å². The molecule has 0 aromatic heterocycles. The molecule has 0 spiro atoms. The van der Waals surface area contributed by atoms with Crippen molar-refractivity contribution in [3.05, 3.63) is 29.3 Å². The molecule has 142 valence electrons. The van der Waals surface area contributed by atoms with Gasteiger partial charge in [0.25, 0.3) is 0 Å². The highest BCUT2D eigenvalue weighted by Gasteiger charge is 2.23. The van der Waals surface area contributed by atoms with Crippen LogP contribution >= 0.6 is 11.6 Å². The summed E-state index contributed by atoms with van der Waals surface area (Å²) in [6.07, 6.45) is 0.553. The van der Waals surface area contributed by atoms with E-state index in [2.05, 4.69) is 15.9 Å². The molecule has 2 heterocycles. The van der Waals surface area contributed by atoms with Crippen molar-refractivity contribution in [1.29, 1.82) is 0 Å². The molecule has 0 N–H and O–H groups in total. The Morgan fingerprint density at radius 1 is 0.962 bits per heavy atom. The van der Waals surface area contributed by atoms with Crippen LogP contribution in [0.3, 0.4) is 0 Å². The lowest BCUT2D eigenvalue weighted by Gasteiger charge is -2.37. The van der Waals surface area contributed by atoms with Crippen molar-refractivity contribution < 1.29 is 9.59 Å². The van der Waals surface area contributed by atoms with Crippen molar-refractivity contribution >= 4 is 29.1 Å². The second-order valence-corrected chi connectivity index (χ2v) is 7.38. The summed E-state index contributed by atoms with van der Waals surface area (Å²) in [5, 5.41) is 0.742. The van der Waals surface area contributed by atoms with Crippen LogP contribution in [0.2, 0.25) is 5.02 Å². The van der Waals surface area contributed by atoms with Crippen LogP contribution in [-0.2, 0) is 9.59 Å². The van der Waals surface area contributed by atoms with Crippen molar-refractivity contribution in [3.8, 4) is 0 Å². The summed E-state index contributed by atoms with van der Waals surface area (Å²) in [4.78, 5) is 32.3. The fourth-order valence-electron chi connectivity index (χ4n) is 3.59. The van der Waals surface area contributed by atoms with Crippen molar-refractivity contribution in [2.75, 3.05) is 63.8 Å². The van der Waals surface area contributed by atoms with E-state index in [1.54, 1.807) is 6.92 Å². The lowest BCUT2D eigenvalue weighted by molar-refractivity contribution is -0.133. The van der Waals surface area contributed by atoms with Crippen LogP contribution in [0.5, 0.6) is 0 Å². The van der Waals surface area contributed by atoms with E-state index in [4.69, 9.17) is 11.6 Å². The fourth-order valence-corrected chi connectivity index (χ4v) is 3.77. The highest BCUT2D eigenvalue weighted by molar-refractivity contribution is 6.30. The third-order valence-electron chi connectivity index (χ3n) is 5.27. The Balaban J connectivity index is 1.39. The average molecular weight is 379 g/mol. The van der Waals surface area contributed by atoms with Gasteiger partial charge in [0.05, 0.1) is 0 Å². The summed E-state index contributed by atoms with van der Waals surface area (Å²) in [5.74, 6) is 0.364. The molecule has 2 amide bonds. The third-order valence-corrected chi connectivity index (χ3v) is 5.50. The largest absolute Gasteiger partial charge is 0.368 e. The first-order chi connectivity index (χ1) is 12.5. The Morgan fingerprint density at radius 3 is 2.23 bits per heavy atom. The molecule has 2 aliphatic rings. The number of carbonyl (C=O) groups excluding carboxylic acids is 2. The predicted molar refractivity (Wildman–Crippen MR) is 104 cm³/mol. The fraction of sp³-hybridized carbons (Fsp3) is 0.579. The van der Waals surface area contributed by atoms with Crippen LogP contribution in [0.15, 0.2) is 24.3 Å². The van der Waals surface area contributed by atoms with Gasteiger partial charge in [0.1, 0.15) is 0 Å². The van der Waals surface area contributed by atoms with Gasteiger partial charge in [0.15, 0.2) is 0 Å². The van der Waals surface area contributed by atoms with Gasteiger partial charge in [-0.25, -0.2) is 0 Å². The third kappa shape index (κ3) is 4.89. The molecule has 1 aromatic rings. The first kappa shape index (κ1) is 19.0. The highest BCUT2D eigenvalue weighted by atomic mass is 35.5. The van der Waals surface area contributed by atoms with Gasteiger partial charge in [-0.3, -0.25) is 14.5 Å². The van der Waals surface area contributed by atoms with Crippen molar-refractivity contribution in [2.45, 2.75) is 13.3 Å². The zero-order valence-corrected chi connectivity index (χ0v) is 16.1. The molecule has 2 fully saturated rings. The Kier molecular flexibility index (Phi) is 6.38. The second-order valence-electron chi connectivity index (χ2n) is 6.95. The average Bonchev–Trinajstić information content (AvgIpc) is 2.66. The van der Waals surface area contributed by atoms with E-state index in [1.165, 1.54) is 0 Å². The molecule has 0 radical (unpaired) electrons. The van der Waals surface area contributed by atoms with E-state index in [1.807, 2.05) is 28.0 Å². The minimum atomic E-state index is 0.137. The molecule has 2 saturated heterocycles. The number of nitrogens with zero attached hydrogens (tertiary/aromatic N) is 4. The molecule has 1 aromatic carbocycles. The van der Waals surface area contributed by atoms with E-state index >= 15 is 0 Å². The summed E-state index contributed by atoms with van der Waals surface area (Å²) >= 11 is 6.07. The minimum Gasteiger partial charge on any atom is -0.368 e. The molecule has 0 saturated carbocycles. The lowest BCUT2D eigenvalue weighted by atomic mass is 10.2. The Bertz CT molecular complexity index is 638. The Labute approximate surface area is 160 Å². The SMILES string of the molecule is CC(=O)N1CCN(CCC(=O)N2CCN(c3cccc(Cl)c3)CC2)CC1. The Hall–Kier alpha value is -1.79. The number of benzene rings is 1. The number of carbonyl (C=O) groups is 2. The molecule has 2 aliphatic heterocycles. The number of piperazine rings is 2. The van der Waals surface area contributed by atoms with Gasteiger partial charge >= 0.3 is 0 Å². The monoisotopic (exact) mass is 378 g/mol. The summed E-state index contributed by atoms with van der Waals surface area (Å²) < 4.78 is 0. The van der Waals surface area contributed by atoms with Crippen LogP contribution < -0.4 is 4.90 Å². The van der Waals surface area contributed by atoms with Crippen molar-refractivity contribution in [2.24, 2.45) is 0 Å². The van der Waals surface area contributed by atoms with E-state index < -0.39 is 0 Å². The number of hydrogen-bond donors (Lipinski definition) is 0. The maximum Gasteiger partial charge on any atom is 0.223 e. The van der Waals surface area contributed by atoms with Gasteiger partial charge in [-0.1, -0.05) is 17.7 Å². The normalized spacial score (nSPS) is 18.9. The second kappa shape index (κ2) is 8.73. The van der Waals surface area contributed by atoms with Gasteiger partial charge in [-0.05, 0) is 18.2 Å². The molecule has 0 bridgehead atoms. The van der Waals surface area contributed by atoms with E-state index in [0.29, 0.717) is 6.42 Å². The zero-order valence-electron chi connectivity index (χ0n) is 15.4. The Morgan fingerprint density at radius 2 is 1.62 bits per heavy atom. The molecule has 0 unspecified atom stereocenters. The van der Waals surface area contributed by atoms with Crippen LogP contribution in [0.25, 0.3) is 0 Å². The standard InChI is InChI=1S/C19H27ClN4O2/c1-16(25)22-9-7-21(8-10-22)6-5-19(26)24-13-11-23(12-14-24)18-4-2-3-17(20)15-18/h2-4,15H,5-14H2,1H3. The molecular formula is C19H27ClN4O2. The number of halogens is 1. The van der Waals surface area contributed by atoms with Crippen LogP contribution in [0.4, 0.5) is 5.69 Å². The minimum absolute atomic E-state index is 0.137. The van der Waals surface area contributed by atoms with Gasteiger partial charge < -0.3 is 14.7 Å². The summed E-state index contributed by atoms with van der Waals surface area (Å²) in [7, 11) is 0. The van der Waals surface area contributed by atoms with Gasteiger partial charge in [-0.2, -0.15) is 0 Å². The summed E-state index contributed by atoms with van der Waals surface area (Å²) in [6.45, 7) is 8.81. The van der Waals surface area contributed by atoms with Crippen LogP contribution in [-0.4, -0.2) is 85.4 Å². The maximum absolute atomic E-state index is 12.5. The number of rotatable bonds is 4.